The summed E-state index contributed by atoms with van der Waals surface area (Å²) in [7, 11) is 3.33. The quantitative estimate of drug-likeness (QED) is 0.427. The van der Waals surface area contributed by atoms with E-state index in [1.807, 2.05) is 48.5 Å². The van der Waals surface area contributed by atoms with E-state index in [1.54, 1.807) is 14.2 Å². The van der Waals surface area contributed by atoms with Crippen molar-refractivity contribution in [1.82, 2.24) is 0 Å². The predicted octanol–water partition coefficient (Wildman–Crippen LogP) is 6.48. The molecule has 3 aromatic carbocycles. The molecule has 0 amide bonds. The van der Waals surface area contributed by atoms with Gasteiger partial charge in [-0.1, -0.05) is 39.7 Å². The number of hydrogen-bond acceptors (Lipinski definition) is 4. The van der Waals surface area contributed by atoms with Crippen LogP contribution in [-0.2, 0) is 0 Å². The van der Waals surface area contributed by atoms with Crippen LogP contribution in [0, 0.1) is 0 Å². The molecule has 0 aromatic heterocycles. The van der Waals surface area contributed by atoms with Gasteiger partial charge in [0.1, 0.15) is 11.5 Å². The molecule has 4 nitrogen and oxygen atoms in total. The molecule has 6 heteroatoms. The average molecular weight is 472 g/mol. The maximum absolute atomic E-state index is 6.07. The van der Waals surface area contributed by atoms with Crippen molar-refractivity contribution >= 4 is 38.9 Å². The Morgan fingerprint density at radius 3 is 2.34 bits per heavy atom. The van der Waals surface area contributed by atoms with Crippen LogP contribution in [0.25, 0.3) is 0 Å². The molecule has 0 bridgehead atoms. The lowest BCUT2D eigenvalue weighted by molar-refractivity contribution is 0.388. The summed E-state index contributed by atoms with van der Waals surface area (Å²) < 4.78 is 12.1. The van der Waals surface area contributed by atoms with Gasteiger partial charge < -0.3 is 9.47 Å². The molecular weight excluding hydrogens is 452 g/mol. The molecule has 0 fully saturated rings. The molecule has 1 aliphatic heterocycles. The van der Waals surface area contributed by atoms with Crippen LogP contribution in [0.5, 0.6) is 11.5 Å². The summed E-state index contributed by atoms with van der Waals surface area (Å²) in [5.74, 6) is 1.54. The highest BCUT2D eigenvalue weighted by Gasteiger charge is 2.32. The Morgan fingerprint density at radius 2 is 1.69 bits per heavy atom. The third-order valence-electron chi connectivity index (χ3n) is 4.98. The van der Waals surface area contributed by atoms with Crippen molar-refractivity contribution in [2.45, 2.75) is 12.5 Å². The Balaban J connectivity index is 1.77. The van der Waals surface area contributed by atoms with E-state index in [4.69, 9.17) is 26.2 Å². The van der Waals surface area contributed by atoms with Crippen molar-refractivity contribution in [2.75, 3.05) is 19.2 Å². The highest BCUT2D eigenvalue weighted by atomic mass is 79.9. The summed E-state index contributed by atoms with van der Waals surface area (Å²) in [6, 6.07) is 21.9. The van der Waals surface area contributed by atoms with Crippen molar-refractivity contribution in [2.24, 2.45) is 5.10 Å². The lowest BCUT2D eigenvalue weighted by atomic mass is 9.97. The third kappa shape index (κ3) is 4.11. The Kier molecular flexibility index (Phi) is 5.79. The van der Waals surface area contributed by atoms with Gasteiger partial charge in [-0.15, -0.1) is 0 Å². The number of ether oxygens (including phenoxy) is 2. The number of benzene rings is 3. The molecule has 1 atom stereocenters. The first-order chi connectivity index (χ1) is 14.1. The maximum Gasteiger partial charge on any atom is 0.127 e. The largest absolute Gasteiger partial charge is 0.497 e. The second-order valence-electron chi connectivity index (χ2n) is 6.70. The van der Waals surface area contributed by atoms with E-state index in [9.17, 15) is 0 Å². The summed E-state index contributed by atoms with van der Waals surface area (Å²) >= 11 is 9.57. The Hall–Kier alpha value is -2.50. The molecule has 148 valence electrons. The van der Waals surface area contributed by atoms with Gasteiger partial charge in [-0.2, -0.15) is 5.10 Å². The predicted molar refractivity (Wildman–Crippen MR) is 122 cm³/mol. The zero-order valence-corrected chi connectivity index (χ0v) is 18.4. The van der Waals surface area contributed by atoms with Crippen LogP contribution in [0.4, 0.5) is 5.69 Å². The number of halogens is 2. The van der Waals surface area contributed by atoms with Crippen LogP contribution in [0.3, 0.4) is 0 Å². The molecule has 1 aliphatic rings. The number of rotatable bonds is 5. The summed E-state index contributed by atoms with van der Waals surface area (Å²) in [6.07, 6.45) is 0.750. The first-order valence-electron chi connectivity index (χ1n) is 9.19. The van der Waals surface area contributed by atoms with Crippen molar-refractivity contribution in [1.29, 1.82) is 0 Å². The number of hydrazone groups is 1. The number of methoxy groups -OCH3 is 2. The first-order valence-corrected chi connectivity index (χ1v) is 10.4. The smallest absolute Gasteiger partial charge is 0.127 e. The summed E-state index contributed by atoms with van der Waals surface area (Å²) in [5.41, 5.74) is 4.14. The van der Waals surface area contributed by atoms with Gasteiger partial charge in [0.15, 0.2) is 0 Å². The number of anilines is 1. The molecule has 0 aliphatic carbocycles. The molecular formula is C23H20BrClN2O2. The van der Waals surface area contributed by atoms with Gasteiger partial charge in [0.25, 0.3) is 0 Å². The zero-order chi connectivity index (χ0) is 20.4. The molecule has 0 saturated heterocycles. The lowest BCUT2D eigenvalue weighted by Gasteiger charge is -2.25. The van der Waals surface area contributed by atoms with Crippen molar-refractivity contribution in [3.63, 3.8) is 0 Å². The minimum absolute atomic E-state index is 0.00251. The minimum atomic E-state index is 0.00251. The van der Waals surface area contributed by atoms with Crippen molar-refractivity contribution < 1.29 is 9.47 Å². The Morgan fingerprint density at radius 1 is 0.966 bits per heavy atom. The molecule has 4 rings (SSSR count). The summed E-state index contributed by atoms with van der Waals surface area (Å²) in [5, 5.41) is 7.74. The molecule has 0 radical (unpaired) electrons. The fraction of sp³-hybridized carbons (Fsp3) is 0.174. The van der Waals surface area contributed by atoms with Crippen LogP contribution in [0.1, 0.15) is 23.6 Å². The Labute approximate surface area is 183 Å². The van der Waals surface area contributed by atoms with Gasteiger partial charge in [-0.25, -0.2) is 0 Å². The van der Waals surface area contributed by atoms with E-state index >= 15 is 0 Å². The maximum atomic E-state index is 6.07. The van der Waals surface area contributed by atoms with Crippen LogP contribution < -0.4 is 14.5 Å². The second-order valence-corrected chi connectivity index (χ2v) is 8.05. The van der Waals surface area contributed by atoms with Gasteiger partial charge in [-0.3, -0.25) is 5.01 Å². The highest BCUT2D eigenvalue weighted by molar-refractivity contribution is 9.10. The van der Waals surface area contributed by atoms with Crippen LogP contribution >= 0.6 is 27.5 Å². The third-order valence-corrected chi connectivity index (χ3v) is 5.76. The average Bonchev–Trinajstić information content (AvgIpc) is 3.19. The summed E-state index contributed by atoms with van der Waals surface area (Å²) in [6.45, 7) is 0. The van der Waals surface area contributed by atoms with Crippen molar-refractivity contribution in [3.8, 4) is 11.5 Å². The van der Waals surface area contributed by atoms with Gasteiger partial charge in [0, 0.05) is 27.5 Å². The molecule has 1 unspecified atom stereocenters. The van der Waals surface area contributed by atoms with Crippen LogP contribution in [-0.4, -0.2) is 19.9 Å². The molecule has 29 heavy (non-hydrogen) atoms. The second kappa shape index (κ2) is 8.47. The minimum Gasteiger partial charge on any atom is -0.497 e. The van der Waals surface area contributed by atoms with Gasteiger partial charge in [0.05, 0.1) is 31.7 Å². The van der Waals surface area contributed by atoms with E-state index in [0.717, 1.165) is 44.9 Å². The monoisotopic (exact) mass is 470 g/mol. The fourth-order valence-electron chi connectivity index (χ4n) is 3.49. The standard InChI is InChI=1S/C23H20BrClN2O2/c1-28-19-11-12-20(23(13-19)29-2)22-14-21(15-3-7-17(25)8-4-15)26-27(22)18-9-5-16(24)6-10-18/h3-13,22H,14H2,1-2H3. The number of nitrogens with zero attached hydrogens (tertiary/aromatic N) is 2. The Bertz CT molecular complexity index is 1040. The zero-order valence-electron chi connectivity index (χ0n) is 16.1. The van der Waals surface area contributed by atoms with E-state index < -0.39 is 0 Å². The van der Waals surface area contributed by atoms with Gasteiger partial charge in [-0.05, 0) is 54.1 Å². The fourth-order valence-corrected chi connectivity index (χ4v) is 3.89. The topological polar surface area (TPSA) is 34.1 Å². The highest BCUT2D eigenvalue weighted by Crippen LogP contribution is 2.41. The lowest BCUT2D eigenvalue weighted by Crippen LogP contribution is -2.19. The first kappa shape index (κ1) is 19.8. The molecule has 1 heterocycles. The normalized spacial score (nSPS) is 15.9. The van der Waals surface area contributed by atoms with E-state index in [-0.39, 0.29) is 6.04 Å². The van der Waals surface area contributed by atoms with E-state index in [0.29, 0.717) is 5.02 Å². The van der Waals surface area contributed by atoms with Crippen LogP contribution in [0.15, 0.2) is 76.3 Å². The van der Waals surface area contributed by atoms with Gasteiger partial charge in [0.2, 0.25) is 0 Å². The SMILES string of the molecule is COc1ccc(C2CC(c3ccc(Cl)cc3)=NN2c2ccc(Br)cc2)c(OC)c1. The molecule has 0 N–H and O–H groups in total. The van der Waals surface area contributed by atoms with Crippen LogP contribution in [0.2, 0.25) is 5.02 Å². The molecule has 3 aromatic rings. The van der Waals surface area contributed by atoms with E-state index in [1.165, 1.54) is 0 Å². The molecule has 0 spiro atoms. The van der Waals surface area contributed by atoms with Gasteiger partial charge >= 0.3 is 0 Å². The number of hydrogen-bond donors (Lipinski definition) is 0. The van der Waals surface area contributed by atoms with Crippen molar-refractivity contribution in [3.05, 3.63) is 87.4 Å². The molecule has 0 saturated carbocycles. The summed E-state index contributed by atoms with van der Waals surface area (Å²) in [4.78, 5) is 0. The van der Waals surface area contributed by atoms with E-state index in [2.05, 4.69) is 39.1 Å².